The van der Waals surface area contributed by atoms with E-state index in [1.54, 1.807) is 0 Å². The number of hydrogen-bond acceptors (Lipinski definition) is 1. The van der Waals surface area contributed by atoms with E-state index in [9.17, 15) is 0 Å². The third kappa shape index (κ3) is 2.88. The first-order valence-corrected chi connectivity index (χ1v) is 12.5. The zero-order valence-corrected chi connectivity index (χ0v) is 20.4. The van der Waals surface area contributed by atoms with Crippen LogP contribution in [0, 0.1) is 6.92 Å². The van der Waals surface area contributed by atoms with Crippen molar-refractivity contribution in [2.75, 3.05) is 0 Å². The highest BCUT2D eigenvalue weighted by Crippen LogP contribution is 2.51. The van der Waals surface area contributed by atoms with Gasteiger partial charge in [0.25, 0.3) is 0 Å². The van der Waals surface area contributed by atoms with Crippen LogP contribution < -0.4 is 0 Å². The average Bonchev–Trinajstić information content (AvgIpc) is 3.43. The number of para-hydroxylation sites is 1. The Labute approximate surface area is 211 Å². The second-order valence-electron chi connectivity index (χ2n) is 9.86. The Morgan fingerprint density at radius 3 is 2.06 bits per heavy atom. The van der Waals surface area contributed by atoms with Gasteiger partial charge in [0.15, 0.2) is 0 Å². The van der Waals surface area contributed by atoms with Crippen LogP contribution in [0.3, 0.4) is 0 Å². The maximum Gasteiger partial charge on any atom is 0.0779 e. The minimum absolute atomic E-state index is 0.348. The molecule has 36 heavy (non-hydrogen) atoms. The van der Waals surface area contributed by atoms with Gasteiger partial charge in [-0.3, -0.25) is 4.99 Å². The molecule has 1 unspecified atom stereocenters. The van der Waals surface area contributed by atoms with E-state index in [-0.39, 0.29) is 5.41 Å². The molecule has 172 valence electrons. The fourth-order valence-electron chi connectivity index (χ4n) is 5.90. The van der Waals surface area contributed by atoms with Crippen LogP contribution in [0.25, 0.3) is 27.5 Å². The van der Waals surface area contributed by atoms with E-state index in [2.05, 4.69) is 140 Å². The summed E-state index contributed by atoms with van der Waals surface area (Å²) in [4.78, 5) is 5.45. The number of benzene rings is 5. The molecule has 0 bridgehead atoms. The highest BCUT2D eigenvalue weighted by molar-refractivity contribution is 6.22. The molecule has 0 aliphatic carbocycles. The molecule has 1 aliphatic heterocycles. The van der Waals surface area contributed by atoms with Gasteiger partial charge in [0.2, 0.25) is 0 Å². The maximum atomic E-state index is 5.45. The fraction of sp³-hybridized carbons (Fsp3) is 0.0882. The Hall–Kier alpha value is -4.43. The molecule has 2 heteroatoms. The third-order valence-corrected chi connectivity index (χ3v) is 7.74. The summed E-state index contributed by atoms with van der Waals surface area (Å²) in [5, 5.41) is 2.45. The molecule has 5 aromatic carbocycles. The lowest BCUT2D eigenvalue weighted by atomic mass is 9.71. The SMILES string of the molecule is Cc1ccc(-n2c3ccccc3c3c4c(ccc32)C(C)(c2ccccc2)C(c2ccccc2)=N4)cc1. The van der Waals surface area contributed by atoms with Gasteiger partial charge in [-0.25, -0.2) is 0 Å². The minimum Gasteiger partial charge on any atom is -0.309 e. The van der Waals surface area contributed by atoms with Crippen LogP contribution >= 0.6 is 0 Å². The van der Waals surface area contributed by atoms with Crippen molar-refractivity contribution in [2.24, 2.45) is 4.99 Å². The van der Waals surface area contributed by atoms with E-state index in [1.807, 2.05) is 0 Å². The number of nitrogens with zero attached hydrogens (tertiary/aromatic N) is 2. The maximum absolute atomic E-state index is 5.45. The summed E-state index contributed by atoms with van der Waals surface area (Å²) < 4.78 is 2.38. The second-order valence-corrected chi connectivity index (χ2v) is 9.86. The largest absolute Gasteiger partial charge is 0.309 e. The molecule has 6 aromatic rings. The number of fused-ring (bicyclic) bond motifs is 5. The number of aromatic nitrogens is 1. The lowest BCUT2D eigenvalue weighted by Gasteiger charge is -2.29. The number of hydrogen-bond donors (Lipinski definition) is 0. The standard InChI is InChI=1S/C34H26N2/c1-23-17-19-26(20-18-23)36-29-16-10-9-15-27(29)31-30(36)22-21-28-32(31)35-33(24-11-5-3-6-12-24)34(28,2)25-13-7-4-8-14-25/h3-22H,1-2H3. The summed E-state index contributed by atoms with van der Waals surface area (Å²) in [5.41, 5.74) is 10.3. The van der Waals surface area contributed by atoms with Gasteiger partial charge in [-0.1, -0.05) is 103 Å². The van der Waals surface area contributed by atoms with E-state index in [4.69, 9.17) is 4.99 Å². The molecule has 0 radical (unpaired) electrons. The highest BCUT2D eigenvalue weighted by atomic mass is 15.0. The number of rotatable bonds is 3. The molecule has 0 saturated carbocycles. The van der Waals surface area contributed by atoms with Crippen molar-refractivity contribution in [1.82, 2.24) is 4.57 Å². The Morgan fingerprint density at radius 2 is 1.31 bits per heavy atom. The molecule has 0 amide bonds. The molecular formula is C34H26N2. The van der Waals surface area contributed by atoms with Crippen LogP contribution in [-0.2, 0) is 5.41 Å². The third-order valence-electron chi connectivity index (χ3n) is 7.74. The predicted octanol–water partition coefficient (Wildman–Crippen LogP) is 8.53. The Morgan fingerprint density at radius 1 is 0.639 bits per heavy atom. The summed E-state index contributed by atoms with van der Waals surface area (Å²) in [6.07, 6.45) is 0. The molecule has 0 N–H and O–H groups in total. The molecule has 1 aromatic heterocycles. The van der Waals surface area contributed by atoms with Crippen LogP contribution in [0.1, 0.15) is 29.2 Å². The minimum atomic E-state index is -0.348. The molecule has 0 saturated heterocycles. The van der Waals surface area contributed by atoms with Gasteiger partial charge >= 0.3 is 0 Å². The summed E-state index contributed by atoms with van der Waals surface area (Å²) in [5.74, 6) is 0. The Bertz CT molecular complexity index is 1770. The number of aryl methyl sites for hydroxylation is 1. The summed E-state index contributed by atoms with van der Waals surface area (Å²) >= 11 is 0. The van der Waals surface area contributed by atoms with Crippen molar-refractivity contribution >= 4 is 33.2 Å². The number of aliphatic imine (C=N–C) groups is 1. The highest BCUT2D eigenvalue weighted by Gasteiger charge is 2.42. The molecule has 2 heterocycles. The fourth-order valence-corrected chi connectivity index (χ4v) is 5.90. The van der Waals surface area contributed by atoms with Gasteiger partial charge in [0.1, 0.15) is 0 Å². The van der Waals surface area contributed by atoms with E-state index in [0.717, 1.165) is 17.0 Å². The lowest BCUT2D eigenvalue weighted by Crippen LogP contribution is -2.31. The first-order chi connectivity index (χ1) is 17.7. The van der Waals surface area contributed by atoms with Crippen molar-refractivity contribution in [2.45, 2.75) is 19.3 Å². The van der Waals surface area contributed by atoms with Crippen LogP contribution in [0.2, 0.25) is 0 Å². The second kappa shape index (κ2) is 7.79. The smallest absolute Gasteiger partial charge is 0.0779 e. The van der Waals surface area contributed by atoms with Crippen molar-refractivity contribution in [1.29, 1.82) is 0 Å². The Kier molecular flexibility index (Phi) is 4.52. The zero-order valence-electron chi connectivity index (χ0n) is 20.4. The van der Waals surface area contributed by atoms with Gasteiger partial charge in [0, 0.05) is 16.5 Å². The van der Waals surface area contributed by atoms with Gasteiger partial charge in [-0.05, 0) is 54.8 Å². The topological polar surface area (TPSA) is 17.3 Å². The summed E-state index contributed by atoms with van der Waals surface area (Å²) in [7, 11) is 0. The quantitative estimate of drug-likeness (QED) is 0.251. The zero-order chi connectivity index (χ0) is 24.3. The van der Waals surface area contributed by atoms with Crippen LogP contribution in [0.15, 0.2) is 126 Å². The van der Waals surface area contributed by atoms with Crippen LogP contribution in [-0.4, -0.2) is 10.3 Å². The van der Waals surface area contributed by atoms with Crippen molar-refractivity contribution in [3.05, 3.63) is 144 Å². The monoisotopic (exact) mass is 462 g/mol. The molecular weight excluding hydrogens is 436 g/mol. The molecule has 7 rings (SSSR count). The normalized spacial score (nSPS) is 16.9. The first-order valence-electron chi connectivity index (χ1n) is 12.5. The summed E-state index contributed by atoms with van der Waals surface area (Å²) in [6, 6.07) is 43.5. The van der Waals surface area contributed by atoms with Gasteiger partial charge < -0.3 is 4.57 Å². The molecule has 1 aliphatic rings. The van der Waals surface area contributed by atoms with E-state index in [1.165, 1.54) is 44.2 Å². The van der Waals surface area contributed by atoms with Gasteiger partial charge in [-0.15, -0.1) is 0 Å². The van der Waals surface area contributed by atoms with Crippen molar-refractivity contribution in [3.8, 4) is 5.69 Å². The molecule has 2 nitrogen and oxygen atoms in total. The van der Waals surface area contributed by atoms with Crippen molar-refractivity contribution in [3.63, 3.8) is 0 Å². The van der Waals surface area contributed by atoms with E-state index < -0.39 is 0 Å². The van der Waals surface area contributed by atoms with Gasteiger partial charge in [0.05, 0.1) is 27.8 Å². The summed E-state index contributed by atoms with van der Waals surface area (Å²) in [6.45, 7) is 4.46. The van der Waals surface area contributed by atoms with E-state index >= 15 is 0 Å². The molecule has 0 spiro atoms. The van der Waals surface area contributed by atoms with E-state index in [0.29, 0.717) is 0 Å². The van der Waals surface area contributed by atoms with Crippen LogP contribution in [0.4, 0.5) is 5.69 Å². The van der Waals surface area contributed by atoms with Gasteiger partial charge in [-0.2, -0.15) is 0 Å². The lowest BCUT2D eigenvalue weighted by molar-refractivity contribution is 0.794. The van der Waals surface area contributed by atoms with Crippen LogP contribution in [0.5, 0.6) is 0 Å². The first kappa shape index (κ1) is 20.9. The predicted molar refractivity (Wildman–Crippen MR) is 151 cm³/mol. The molecule has 1 atom stereocenters. The Balaban J connectivity index is 1.60. The molecule has 0 fully saturated rings. The van der Waals surface area contributed by atoms with Crippen molar-refractivity contribution < 1.29 is 0 Å². The average molecular weight is 463 g/mol.